The molecule has 1 aromatic carbocycles. The molecule has 1 saturated heterocycles. The van der Waals surface area contributed by atoms with E-state index in [2.05, 4.69) is 9.74 Å². The van der Waals surface area contributed by atoms with Crippen molar-refractivity contribution < 1.29 is 4.39 Å². The fourth-order valence-electron chi connectivity index (χ4n) is 3.81. The molecule has 8 nitrogen and oxygen atoms in total. The van der Waals surface area contributed by atoms with E-state index < -0.39 is 0 Å². The number of hydrogen-bond donors (Lipinski definition) is 1. The molecule has 1 aliphatic rings. The second kappa shape index (κ2) is 7.85. The second-order valence-electron chi connectivity index (χ2n) is 7.69. The Balaban J connectivity index is 1.58. The van der Waals surface area contributed by atoms with E-state index in [9.17, 15) is 4.39 Å². The van der Waals surface area contributed by atoms with Crippen molar-refractivity contribution in [3.63, 3.8) is 0 Å². The monoisotopic (exact) mass is 448 g/mol. The summed E-state index contributed by atoms with van der Waals surface area (Å²) in [6.45, 7) is 11.2. The van der Waals surface area contributed by atoms with E-state index in [1.807, 2.05) is 35.5 Å². The van der Waals surface area contributed by atoms with E-state index in [-0.39, 0.29) is 11.9 Å². The topological polar surface area (TPSA) is 79.9 Å². The largest absolute Gasteiger partial charge is 0.352 e. The van der Waals surface area contributed by atoms with Gasteiger partial charge in [0.2, 0.25) is 0 Å². The highest BCUT2D eigenvalue weighted by molar-refractivity contribution is 7.20. The van der Waals surface area contributed by atoms with E-state index in [4.69, 9.17) is 27.4 Å². The highest BCUT2D eigenvalue weighted by Crippen LogP contribution is 2.42. The van der Waals surface area contributed by atoms with Crippen molar-refractivity contribution in [1.29, 1.82) is 0 Å². The minimum Gasteiger partial charge on any atom is -0.352 e. The van der Waals surface area contributed by atoms with Crippen LogP contribution in [0.1, 0.15) is 12.6 Å². The molecule has 0 unspecified atom stereocenters. The van der Waals surface area contributed by atoms with E-state index >= 15 is 0 Å². The Kier molecular flexibility index (Phi) is 5.00. The van der Waals surface area contributed by atoms with Crippen molar-refractivity contribution in [2.45, 2.75) is 19.4 Å². The van der Waals surface area contributed by atoms with Crippen molar-refractivity contribution in [2.24, 2.45) is 5.73 Å². The van der Waals surface area contributed by atoms with Crippen LogP contribution in [0, 0.1) is 12.4 Å². The molecular weight excluding hydrogens is 427 g/mol. The highest BCUT2D eigenvalue weighted by atomic mass is 32.1. The molecule has 4 aromatic rings. The lowest BCUT2D eigenvalue weighted by Crippen LogP contribution is -2.56. The number of benzene rings is 1. The maximum Gasteiger partial charge on any atom is 0.270 e. The zero-order valence-electron chi connectivity index (χ0n) is 17.7. The summed E-state index contributed by atoms with van der Waals surface area (Å²) in [5.41, 5.74) is 8.82. The molecule has 0 spiro atoms. The van der Waals surface area contributed by atoms with Gasteiger partial charge in [0.25, 0.3) is 5.00 Å². The summed E-state index contributed by atoms with van der Waals surface area (Å²) >= 11 is 1.29. The molecule has 1 fully saturated rings. The molecule has 0 aliphatic carbocycles. The van der Waals surface area contributed by atoms with Crippen molar-refractivity contribution in [2.75, 3.05) is 29.9 Å². The van der Waals surface area contributed by atoms with Gasteiger partial charge in [-0.2, -0.15) is 4.52 Å². The molecule has 162 valence electrons. The fourth-order valence-corrected chi connectivity index (χ4v) is 4.64. The average Bonchev–Trinajstić information content (AvgIpc) is 3.38. The fraction of sp³-hybridized carbons (Fsp3) is 0.273. The lowest BCUT2D eigenvalue weighted by atomic mass is 10.1. The van der Waals surface area contributed by atoms with Crippen LogP contribution in [0.25, 0.3) is 21.7 Å². The number of nitrogens with two attached hydrogens (primary N) is 1. The molecule has 0 radical (unpaired) electrons. The highest BCUT2D eigenvalue weighted by Gasteiger charge is 2.26. The first-order valence-corrected chi connectivity index (χ1v) is 11.1. The maximum absolute atomic E-state index is 13.4. The predicted octanol–water partition coefficient (Wildman–Crippen LogP) is 4.02. The van der Waals surface area contributed by atoms with Gasteiger partial charge < -0.3 is 15.5 Å². The second-order valence-corrected chi connectivity index (χ2v) is 8.65. The lowest BCUT2D eigenvalue weighted by Gasteiger charge is -2.37. The normalized spacial score (nSPS) is 13.9. The Labute approximate surface area is 188 Å². The molecule has 10 heteroatoms. The summed E-state index contributed by atoms with van der Waals surface area (Å²) in [6, 6.07) is 10.1. The molecule has 0 saturated carbocycles. The SMILES string of the molecule is [C-]#[N+]c1sc(N(C)c2c(CC)nc3ccc(N4CC(N)C4)nn23)nc1-c1ccc(F)cc1. The summed E-state index contributed by atoms with van der Waals surface area (Å²) in [4.78, 5) is 17.2. The van der Waals surface area contributed by atoms with E-state index in [0.29, 0.717) is 21.4 Å². The smallest absolute Gasteiger partial charge is 0.270 e. The zero-order chi connectivity index (χ0) is 22.4. The molecule has 0 atom stereocenters. The molecule has 5 rings (SSSR count). The van der Waals surface area contributed by atoms with Crippen LogP contribution in [0.5, 0.6) is 0 Å². The van der Waals surface area contributed by atoms with E-state index in [1.165, 1.54) is 23.5 Å². The van der Waals surface area contributed by atoms with Crippen molar-refractivity contribution in [3.05, 3.63) is 59.3 Å². The first-order valence-electron chi connectivity index (χ1n) is 10.3. The van der Waals surface area contributed by atoms with E-state index in [1.54, 1.807) is 12.1 Å². The zero-order valence-corrected chi connectivity index (χ0v) is 18.5. The van der Waals surface area contributed by atoms with Crippen LogP contribution >= 0.6 is 11.3 Å². The third kappa shape index (κ3) is 3.36. The number of rotatable bonds is 5. The van der Waals surface area contributed by atoms with Gasteiger partial charge in [-0.3, -0.25) is 0 Å². The quantitative estimate of drug-likeness (QED) is 0.465. The summed E-state index contributed by atoms with van der Waals surface area (Å²) in [5.74, 6) is 1.33. The summed E-state index contributed by atoms with van der Waals surface area (Å²) in [5, 5.41) is 5.92. The number of aryl methyl sites for hydroxylation is 1. The number of nitrogens with zero attached hydrogens (tertiary/aromatic N) is 7. The molecule has 0 bridgehead atoms. The standard InChI is InChI=1S/C22H21FN8S/c1-4-16-21(31-17(26-16)9-10-18(28-31)30-11-15(24)12-30)29(3)22-27-19(20(25-2)32-22)13-5-7-14(23)8-6-13/h5-10,15H,4,11-12,24H2,1,3H3. The lowest BCUT2D eigenvalue weighted by molar-refractivity contribution is 0.511. The van der Waals surface area contributed by atoms with Crippen LogP contribution in [0.3, 0.4) is 0 Å². The van der Waals surface area contributed by atoms with Crippen molar-refractivity contribution in [1.82, 2.24) is 19.6 Å². The Morgan fingerprint density at radius 2 is 1.97 bits per heavy atom. The number of aromatic nitrogens is 4. The van der Waals surface area contributed by atoms with Crippen LogP contribution in [-0.2, 0) is 6.42 Å². The minimum atomic E-state index is -0.325. The van der Waals surface area contributed by atoms with Gasteiger partial charge in [0.15, 0.2) is 16.6 Å². The van der Waals surface area contributed by atoms with Crippen LogP contribution in [0.15, 0.2) is 36.4 Å². The number of anilines is 3. The summed E-state index contributed by atoms with van der Waals surface area (Å²) < 4.78 is 15.2. The van der Waals surface area contributed by atoms with Gasteiger partial charge in [-0.25, -0.2) is 19.2 Å². The Morgan fingerprint density at radius 1 is 1.22 bits per heavy atom. The van der Waals surface area contributed by atoms with E-state index in [0.717, 1.165) is 42.5 Å². The summed E-state index contributed by atoms with van der Waals surface area (Å²) in [7, 11) is 1.90. The Hall–Kier alpha value is -3.55. The molecular formula is C22H21FN8S. The van der Waals surface area contributed by atoms with Crippen LogP contribution in [-0.4, -0.2) is 45.8 Å². The summed E-state index contributed by atoms with van der Waals surface area (Å²) in [6.07, 6.45) is 0.721. The van der Waals surface area contributed by atoms with Crippen molar-refractivity contribution in [3.8, 4) is 11.3 Å². The molecule has 4 heterocycles. The number of thiazole rings is 1. The maximum atomic E-state index is 13.4. The Morgan fingerprint density at radius 3 is 2.62 bits per heavy atom. The molecule has 2 N–H and O–H groups in total. The molecule has 3 aromatic heterocycles. The van der Waals surface area contributed by atoms with Crippen LogP contribution in [0.4, 0.5) is 26.2 Å². The average molecular weight is 449 g/mol. The molecule has 32 heavy (non-hydrogen) atoms. The van der Waals surface area contributed by atoms with Gasteiger partial charge in [-0.1, -0.05) is 19.1 Å². The first-order chi connectivity index (χ1) is 15.5. The van der Waals surface area contributed by atoms with Gasteiger partial charge in [0, 0.05) is 26.2 Å². The molecule has 0 amide bonds. The van der Waals surface area contributed by atoms with Crippen LogP contribution < -0.4 is 15.5 Å². The van der Waals surface area contributed by atoms with Gasteiger partial charge in [-0.15, -0.1) is 16.4 Å². The minimum absolute atomic E-state index is 0.177. The Bertz CT molecular complexity index is 1330. The van der Waals surface area contributed by atoms with Gasteiger partial charge in [-0.05, 0) is 36.2 Å². The number of hydrogen-bond acceptors (Lipinski definition) is 7. The third-order valence-corrected chi connectivity index (χ3v) is 6.53. The molecule has 1 aliphatic heterocycles. The first kappa shape index (κ1) is 20.4. The third-order valence-electron chi connectivity index (χ3n) is 5.50. The van der Waals surface area contributed by atoms with Gasteiger partial charge in [0.05, 0.1) is 18.0 Å². The number of imidazole rings is 1. The van der Waals surface area contributed by atoms with Gasteiger partial charge in [0.1, 0.15) is 11.6 Å². The van der Waals surface area contributed by atoms with Crippen molar-refractivity contribution >= 4 is 38.8 Å². The number of fused-ring (bicyclic) bond motifs is 1. The number of halogens is 1. The van der Waals surface area contributed by atoms with Gasteiger partial charge >= 0.3 is 0 Å². The predicted molar refractivity (Wildman–Crippen MR) is 124 cm³/mol. The van der Waals surface area contributed by atoms with Crippen LogP contribution in [0.2, 0.25) is 0 Å².